The highest BCUT2D eigenvalue weighted by atomic mass is 16.5. The predicted molar refractivity (Wildman–Crippen MR) is 206 cm³/mol. The lowest BCUT2D eigenvalue weighted by atomic mass is 9.78. The van der Waals surface area contributed by atoms with Crippen LogP contribution in [0.5, 0.6) is 5.75 Å². The minimum atomic E-state index is -1.00. The van der Waals surface area contributed by atoms with Gasteiger partial charge in [0.05, 0.1) is 30.4 Å². The molecule has 4 aliphatic rings. The molecule has 284 valence electrons. The Labute approximate surface area is 320 Å². The maximum atomic E-state index is 13.2. The first-order chi connectivity index (χ1) is 26.5. The number of piperidine rings is 1. The van der Waals surface area contributed by atoms with Crippen LogP contribution in [0.2, 0.25) is 0 Å². The van der Waals surface area contributed by atoms with Crippen molar-refractivity contribution in [2.24, 2.45) is 5.41 Å². The van der Waals surface area contributed by atoms with Gasteiger partial charge >= 0.3 is 0 Å². The summed E-state index contributed by atoms with van der Waals surface area (Å²) in [5.74, 6) is -0.0657. The molecular formula is C42H45N7O6. The van der Waals surface area contributed by atoms with Gasteiger partial charge in [0, 0.05) is 61.1 Å². The molecule has 4 saturated heterocycles. The first-order valence-corrected chi connectivity index (χ1v) is 18.7. The van der Waals surface area contributed by atoms with Gasteiger partial charge in [-0.25, -0.2) is 9.97 Å². The third-order valence-corrected chi connectivity index (χ3v) is 11.4. The summed E-state index contributed by atoms with van der Waals surface area (Å²) in [5, 5.41) is 5.75. The summed E-state index contributed by atoms with van der Waals surface area (Å²) in [7, 11) is 0. The SMILES string of the molecule is Cc1cc(NC2CN(c3ccc(C(C)(C)c4ccc(OCc5ccnc(N6CC7(COC7)C6)n5)cc4)cc3)C2)ccc1C(=O)N(C=O)C1CCC(=O)NC1=O. The van der Waals surface area contributed by atoms with Crippen molar-refractivity contribution in [3.05, 3.63) is 107 Å². The zero-order chi connectivity index (χ0) is 38.3. The summed E-state index contributed by atoms with van der Waals surface area (Å²) in [6, 6.07) is 23.5. The number of aryl methyl sites for hydroxylation is 1. The van der Waals surface area contributed by atoms with Crippen molar-refractivity contribution < 1.29 is 28.7 Å². The molecule has 4 aliphatic heterocycles. The van der Waals surface area contributed by atoms with Gasteiger partial charge in [0.1, 0.15) is 18.4 Å². The van der Waals surface area contributed by atoms with Gasteiger partial charge in [-0.1, -0.05) is 38.1 Å². The van der Waals surface area contributed by atoms with Crippen molar-refractivity contribution in [1.82, 2.24) is 20.2 Å². The molecular weight excluding hydrogens is 699 g/mol. The topological polar surface area (TPSA) is 146 Å². The van der Waals surface area contributed by atoms with E-state index in [1.807, 2.05) is 30.3 Å². The lowest BCUT2D eigenvalue weighted by molar-refractivity contribution is -0.139. The van der Waals surface area contributed by atoms with E-state index in [1.165, 1.54) is 11.1 Å². The van der Waals surface area contributed by atoms with Crippen molar-refractivity contribution in [2.45, 2.75) is 57.7 Å². The number of carbonyl (C=O) groups excluding carboxylic acids is 4. The van der Waals surface area contributed by atoms with Crippen molar-refractivity contribution in [3.8, 4) is 5.75 Å². The molecule has 3 aromatic carbocycles. The number of carbonyl (C=O) groups is 4. The van der Waals surface area contributed by atoms with E-state index in [0.717, 1.165) is 73.1 Å². The van der Waals surface area contributed by atoms with E-state index in [2.05, 4.69) is 75.7 Å². The largest absolute Gasteiger partial charge is 0.487 e. The first kappa shape index (κ1) is 36.2. The van der Waals surface area contributed by atoms with Crippen LogP contribution in [0.4, 0.5) is 17.3 Å². The molecule has 1 spiro atoms. The minimum absolute atomic E-state index is 0.0759. The van der Waals surface area contributed by atoms with Crippen molar-refractivity contribution in [3.63, 3.8) is 0 Å². The number of hydrogen-bond donors (Lipinski definition) is 2. The van der Waals surface area contributed by atoms with Gasteiger partial charge in [-0.05, 0) is 78.6 Å². The Morgan fingerprint density at radius 2 is 1.73 bits per heavy atom. The van der Waals surface area contributed by atoms with Gasteiger partial charge in [-0.15, -0.1) is 0 Å². The standard InChI is InChI=1S/C42H45N7O6/c1-27-18-30(8-13-35(27)39(53)49(26-50)36-14-15-37(51)46-38(36)52)44-32-19-47(20-32)33-9-4-28(5-10-33)41(2,3)29-6-11-34(12-7-29)55-21-31-16-17-43-40(45-31)48-22-42(23-48)24-54-25-42/h4-13,16-18,26,32,36,44H,14-15,19-25H2,1-3H3,(H,46,51,52). The lowest BCUT2D eigenvalue weighted by Gasteiger charge is -2.54. The predicted octanol–water partition coefficient (Wildman–Crippen LogP) is 4.23. The number of rotatable bonds is 12. The zero-order valence-electron chi connectivity index (χ0n) is 31.3. The highest BCUT2D eigenvalue weighted by Crippen LogP contribution is 2.39. The number of anilines is 3. The maximum Gasteiger partial charge on any atom is 0.261 e. The Morgan fingerprint density at radius 3 is 2.36 bits per heavy atom. The monoisotopic (exact) mass is 743 g/mol. The number of ether oxygens (including phenoxy) is 2. The minimum Gasteiger partial charge on any atom is -0.487 e. The van der Waals surface area contributed by atoms with Crippen LogP contribution in [0.1, 0.15) is 59.4 Å². The van der Waals surface area contributed by atoms with Crippen LogP contribution in [0, 0.1) is 12.3 Å². The second-order valence-corrected chi connectivity index (χ2v) is 15.7. The Balaban J connectivity index is 0.818. The molecule has 8 rings (SSSR count). The summed E-state index contributed by atoms with van der Waals surface area (Å²) >= 11 is 0. The Kier molecular flexibility index (Phi) is 9.50. The molecule has 1 atom stereocenters. The molecule has 13 nitrogen and oxygen atoms in total. The molecule has 55 heavy (non-hydrogen) atoms. The number of hydrogen-bond acceptors (Lipinski definition) is 11. The summed E-state index contributed by atoms with van der Waals surface area (Å²) in [5.41, 5.74) is 6.38. The second kappa shape index (κ2) is 14.4. The molecule has 4 fully saturated rings. The third kappa shape index (κ3) is 7.23. The number of amides is 4. The normalized spacial score (nSPS) is 19.1. The summed E-state index contributed by atoms with van der Waals surface area (Å²) in [4.78, 5) is 63.4. The van der Waals surface area contributed by atoms with Crippen LogP contribution in [-0.2, 0) is 31.1 Å². The molecule has 1 unspecified atom stereocenters. The van der Waals surface area contributed by atoms with Crippen LogP contribution in [0.15, 0.2) is 79.0 Å². The van der Waals surface area contributed by atoms with Gasteiger partial charge < -0.3 is 24.6 Å². The molecule has 0 aliphatic carbocycles. The maximum absolute atomic E-state index is 13.2. The molecule has 4 aromatic rings. The molecule has 0 radical (unpaired) electrons. The fraction of sp³-hybridized carbons (Fsp3) is 0.381. The van der Waals surface area contributed by atoms with Gasteiger partial charge in [-0.3, -0.25) is 29.4 Å². The number of imide groups is 2. The highest BCUT2D eigenvalue weighted by Gasteiger charge is 2.50. The van der Waals surface area contributed by atoms with E-state index < -0.39 is 23.8 Å². The quantitative estimate of drug-likeness (QED) is 0.159. The van der Waals surface area contributed by atoms with Gasteiger partial charge in [0.2, 0.25) is 24.2 Å². The van der Waals surface area contributed by atoms with E-state index in [1.54, 1.807) is 19.2 Å². The number of nitrogens with zero attached hydrogens (tertiary/aromatic N) is 5. The molecule has 0 bridgehead atoms. The van der Waals surface area contributed by atoms with E-state index in [0.29, 0.717) is 29.6 Å². The summed E-state index contributed by atoms with van der Waals surface area (Å²) < 4.78 is 11.5. The van der Waals surface area contributed by atoms with Crippen LogP contribution < -0.4 is 25.2 Å². The molecule has 1 aromatic heterocycles. The number of nitrogens with one attached hydrogen (secondary N) is 2. The summed E-state index contributed by atoms with van der Waals surface area (Å²) in [6.07, 6.45) is 2.35. The molecule has 13 heteroatoms. The molecule has 0 saturated carbocycles. The van der Waals surface area contributed by atoms with Crippen molar-refractivity contribution >= 4 is 41.5 Å². The van der Waals surface area contributed by atoms with Crippen molar-refractivity contribution in [1.29, 1.82) is 0 Å². The Bertz CT molecular complexity index is 2100. The number of benzene rings is 3. The van der Waals surface area contributed by atoms with Gasteiger partial charge in [-0.2, -0.15) is 0 Å². The molecule has 4 amide bonds. The van der Waals surface area contributed by atoms with E-state index in [9.17, 15) is 19.2 Å². The molecule has 2 N–H and O–H groups in total. The highest BCUT2D eigenvalue weighted by molar-refractivity contribution is 6.07. The molecule has 5 heterocycles. The first-order valence-electron chi connectivity index (χ1n) is 18.7. The smallest absolute Gasteiger partial charge is 0.261 e. The zero-order valence-corrected chi connectivity index (χ0v) is 31.3. The Morgan fingerprint density at radius 1 is 1.02 bits per heavy atom. The number of aromatic nitrogens is 2. The second-order valence-electron chi connectivity index (χ2n) is 15.7. The van der Waals surface area contributed by atoms with Crippen LogP contribution >= 0.6 is 0 Å². The average Bonchev–Trinajstić information content (AvgIpc) is 3.12. The van der Waals surface area contributed by atoms with Gasteiger partial charge in [0.15, 0.2) is 0 Å². The van der Waals surface area contributed by atoms with Crippen LogP contribution in [-0.4, -0.2) is 90.5 Å². The Hall–Kier alpha value is -5.82. The van der Waals surface area contributed by atoms with E-state index in [-0.39, 0.29) is 24.3 Å². The van der Waals surface area contributed by atoms with Gasteiger partial charge in [0.25, 0.3) is 5.91 Å². The fourth-order valence-corrected chi connectivity index (χ4v) is 7.84. The van der Waals surface area contributed by atoms with E-state index in [4.69, 9.17) is 14.5 Å². The van der Waals surface area contributed by atoms with Crippen LogP contribution in [0.3, 0.4) is 0 Å². The van der Waals surface area contributed by atoms with Crippen molar-refractivity contribution in [2.75, 3.05) is 54.5 Å². The fourth-order valence-electron chi connectivity index (χ4n) is 7.84. The van der Waals surface area contributed by atoms with E-state index >= 15 is 0 Å². The van der Waals surface area contributed by atoms with Crippen LogP contribution in [0.25, 0.3) is 0 Å². The average molecular weight is 744 g/mol. The summed E-state index contributed by atoms with van der Waals surface area (Å²) in [6.45, 7) is 11.8. The lowest BCUT2D eigenvalue weighted by Crippen LogP contribution is -2.66. The third-order valence-electron chi connectivity index (χ3n) is 11.4.